The van der Waals surface area contributed by atoms with Crippen LogP contribution in [-0.2, 0) is 4.74 Å². The molecule has 30 heavy (non-hydrogen) atoms. The summed E-state index contributed by atoms with van der Waals surface area (Å²) >= 11 is 0. The number of nitrogens with zero attached hydrogens (tertiary/aromatic N) is 3. The maximum absolute atomic E-state index is 13.7. The number of aromatic nitrogens is 2. The molecule has 0 aliphatic carbocycles. The number of halogens is 1. The predicted molar refractivity (Wildman–Crippen MR) is 115 cm³/mol. The maximum atomic E-state index is 13.7. The maximum Gasteiger partial charge on any atom is 0.130 e. The molecule has 8 heteroatoms. The van der Waals surface area contributed by atoms with Crippen molar-refractivity contribution < 1.29 is 9.13 Å². The van der Waals surface area contributed by atoms with Crippen LogP contribution in [0, 0.1) is 5.82 Å². The first-order chi connectivity index (χ1) is 14.6. The monoisotopic (exact) mass is 408 g/mol. The molecule has 4 N–H and O–H groups in total. The van der Waals surface area contributed by atoms with Crippen molar-refractivity contribution in [3.8, 4) is 11.1 Å². The van der Waals surface area contributed by atoms with Crippen LogP contribution in [0.25, 0.3) is 22.0 Å². The molecule has 0 bridgehead atoms. The van der Waals surface area contributed by atoms with Crippen molar-refractivity contribution in [3.63, 3.8) is 0 Å². The van der Waals surface area contributed by atoms with Crippen molar-refractivity contribution in [2.75, 3.05) is 36.9 Å². The lowest BCUT2D eigenvalue weighted by Crippen LogP contribution is -2.44. The SMILES string of the molecule is C[C@@H]1COCCN1c1cc(-c2ccc(F)cc2N)c2ccnc(C3CCNN3)c2n1. The Bertz CT molecular complexity index is 1080. The molecule has 4 heterocycles. The Morgan fingerprint density at radius 2 is 2.13 bits per heavy atom. The number of rotatable bonds is 3. The third kappa shape index (κ3) is 3.36. The molecule has 0 amide bonds. The Kier molecular flexibility index (Phi) is 4.98. The number of nitrogens with one attached hydrogen (secondary N) is 2. The van der Waals surface area contributed by atoms with Crippen molar-refractivity contribution in [3.05, 3.63) is 48.0 Å². The fourth-order valence-electron chi connectivity index (χ4n) is 4.32. The third-order valence-electron chi connectivity index (χ3n) is 5.87. The van der Waals surface area contributed by atoms with Gasteiger partial charge in [0.25, 0.3) is 0 Å². The second kappa shape index (κ2) is 7.79. The van der Waals surface area contributed by atoms with Gasteiger partial charge in [-0.1, -0.05) is 0 Å². The average Bonchev–Trinajstić information content (AvgIpc) is 3.28. The topological polar surface area (TPSA) is 88.3 Å². The van der Waals surface area contributed by atoms with E-state index in [2.05, 4.69) is 33.7 Å². The van der Waals surface area contributed by atoms with Crippen molar-refractivity contribution >= 4 is 22.4 Å². The highest BCUT2D eigenvalue weighted by atomic mass is 19.1. The lowest BCUT2D eigenvalue weighted by molar-refractivity contribution is 0.0986. The average molecular weight is 408 g/mol. The standard InChI is InChI=1S/C22H25FN6O/c1-13-12-30-9-8-29(13)20-11-17(15-3-2-14(23)10-18(15)24)16-4-6-25-22(21(16)27-20)19-5-7-26-28-19/h2-4,6,10-11,13,19,26,28H,5,7-9,12,24H2,1H3/t13-,19?/m1/s1. The van der Waals surface area contributed by atoms with Crippen LogP contribution in [0.15, 0.2) is 36.5 Å². The van der Waals surface area contributed by atoms with Gasteiger partial charge < -0.3 is 15.4 Å². The molecule has 5 rings (SSSR count). The van der Waals surface area contributed by atoms with Crippen LogP contribution in [0.4, 0.5) is 15.9 Å². The van der Waals surface area contributed by atoms with Gasteiger partial charge in [-0.25, -0.2) is 14.8 Å². The van der Waals surface area contributed by atoms with Crippen LogP contribution in [0.1, 0.15) is 25.1 Å². The number of pyridine rings is 2. The fourth-order valence-corrected chi connectivity index (χ4v) is 4.32. The molecule has 156 valence electrons. The van der Waals surface area contributed by atoms with Crippen LogP contribution in [-0.4, -0.2) is 42.3 Å². The minimum absolute atomic E-state index is 0.0805. The molecule has 1 aromatic carbocycles. The van der Waals surface area contributed by atoms with Crippen molar-refractivity contribution in [2.45, 2.75) is 25.4 Å². The molecule has 1 unspecified atom stereocenters. The summed E-state index contributed by atoms with van der Waals surface area (Å²) in [5.74, 6) is 0.512. The number of hydrogen-bond acceptors (Lipinski definition) is 7. The van der Waals surface area contributed by atoms with E-state index in [0.29, 0.717) is 18.9 Å². The summed E-state index contributed by atoms with van der Waals surface area (Å²) in [4.78, 5) is 12.0. The highest BCUT2D eigenvalue weighted by Crippen LogP contribution is 2.37. The van der Waals surface area contributed by atoms with Crippen molar-refractivity contribution in [1.82, 2.24) is 20.8 Å². The smallest absolute Gasteiger partial charge is 0.130 e. The number of hydrazine groups is 1. The highest BCUT2D eigenvalue weighted by molar-refractivity contribution is 5.99. The van der Waals surface area contributed by atoms with Crippen LogP contribution >= 0.6 is 0 Å². The predicted octanol–water partition coefficient (Wildman–Crippen LogP) is 2.78. The zero-order chi connectivity index (χ0) is 20.7. The molecule has 2 aromatic heterocycles. The van der Waals surface area contributed by atoms with Crippen LogP contribution in [0.5, 0.6) is 0 Å². The minimum Gasteiger partial charge on any atom is -0.398 e. The van der Waals surface area contributed by atoms with E-state index in [9.17, 15) is 4.39 Å². The number of fused-ring (bicyclic) bond motifs is 1. The molecule has 0 spiro atoms. The molecular formula is C22H25FN6O. The Hall–Kier alpha value is -2.81. The van der Waals surface area contributed by atoms with Gasteiger partial charge in [-0.2, -0.15) is 0 Å². The largest absolute Gasteiger partial charge is 0.398 e. The molecule has 0 saturated carbocycles. The third-order valence-corrected chi connectivity index (χ3v) is 5.87. The van der Waals surface area contributed by atoms with E-state index in [4.69, 9.17) is 15.5 Å². The summed E-state index contributed by atoms with van der Waals surface area (Å²) in [6.45, 7) is 5.08. The molecule has 0 radical (unpaired) electrons. The molecule has 2 saturated heterocycles. The van der Waals surface area contributed by atoms with Gasteiger partial charge in [-0.3, -0.25) is 10.4 Å². The van der Waals surface area contributed by atoms with E-state index >= 15 is 0 Å². The van der Waals surface area contributed by atoms with E-state index in [-0.39, 0.29) is 17.9 Å². The number of ether oxygens (including phenoxy) is 1. The minimum atomic E-state index is -0.347. The zero-order valence-corrected chi connectivity index (χ0v) is 16.9. The number of hydrogen-bond donors (Lipinski definition) is 3. The Morgan fingerprint density at radius 1 is 1.23 bits per heavy atom. The number of nitrogens with two attached hydrogens (primary N) is 1. The molecule has 3 aromatic rings. The number of anilines is 2. The van der Waals surface area contributed by atoms with Crippen LogP contribution in [0.3, 0.4) is 0 Å². The second-order valence-electron chi connectivity index (χ2n) is 7.88. The molecular weight excluding hydrogens is 383 g/mol. The number of benzene rings is 1. The van der Waals surface area contributed by atoms with E-state index < -0.39 is 0 Å². The van der Waals surface area contributed by atoms with Gasteiger partial charge in [-0.05, 0) is 49.2 Å². The van der Waals surface area contributed by atoms with Crippen molar-refractivity contribution in [2.24, 2.45) is 0 Å². The lowest BCUT2D eigenvalue weighted by Gasteiger charge is -2.35. The first-order valence-corrected chi connectivity index (χ1v) is 10.3. The number of morpholine rings is 1. The lowest BCUT2D eigenvalue weighted by atomic mass is 9.97. The molecule has 2 fully saturated rings. The quantitative estimate of drug-likeness (QED) is 0.575. The van der Waals surface area contributed by atoms with E-state index in [1.54, 1.807) is 12.3 Å². The Balaban J connectivity index is 1.75. The molecule has 2 atom stereocenters. The second-order valence-corrected chi connectivity index (χ2v) is 7.88. The molecule has 7 nitrogen and oxygen atoms in total. The number of nitrogen functional groups attached to an aromatic ring is 1. The highest BCUT2D eigenvalue weighted by Gasteiger charge is 2.25. The van der Waals surface area contributed by atoms with Crippen LogP contribution in [0.2, 0.25) is 0 Å². The summed E-state index contributed by atoms with van der Waals surface area (Å²) in [5.41, 5.74) is 16.6. The Morgan fingerprint density at radius 3 is 2.90 bits per heavy atom. The van der Waals surface area contributed by atoms with Gasteiger partial charge in [0.2, 0.25) is 0 Å². The molecule has 2 aliphatic rings. The van der Waals surface area contributed by atoms with E-state index in [1.165, 1.54) is 12.1 Å². The fraction of sp³-hybridized carbons (Fsp3) is 0.364. The Labute approximate surface area is 174 Å². The summed E-state index contributed by atoms with van der Waals surface area (Å²) < 4.78 is 19.3. The van der Waals surface area contributed by atoms with Crippen molar-refractivity contribution in [1.29, 1.82) is 0 Å². The van der Waals surface area contributed by atoms with Gasteiger partial charge in [0.05, 0.1) is 36.5 Å². The first-order valence-electron chi connectivity index (χ1n) is 10.3. The van der Waals surface area contributed by atoms with E-state index in [1.807, 2.05) is 6.07 Å². The van der Waals surface area contributed by atoms with Gasteiger partial charge in [0, 0.05) is 35.9 Å². The van der Waals surface area contributed by atoms with Gasteiger partial charge in [-0.15, -0.1) is 0 Å². The van der Waals surface area contributed by atoms with Gasteiger partial charge >= 0.3 is 0 Å². The summed E-state index contributed by atoms with van der Waals surface area (Å²) in [7, 11) is 0. The zero-order valence-electron chi connectivity index (χ0n) is 16.9. The summed E-state index contributed by atoms with van der Waals surface area (Å²) in [6, 6.07) is 8.84. The summed E-state index contributed by atoms with van der Waals surface area (Å²) in [6.07, 6.45) is 2.74. The van der Waals surface area contributed by atoms with E-state index in [0.717, 1.165) is 53.1 Å². The normalized spacial score (nSPS) is 22.0. The summed E-state index contributed by atoms with van der Waals surface area (Å²) in [5, 5.41) is 0.955. The van der Waals surface area contributed by atoms with Gasteiger partial charge in [0.1, 0.15) is 11.6 Å². The first kappa shape index (κ1) is 19.2. The van der Waals surface area contributed by atoms with Gasteiger partial charge in [0.15, 0.2) is 0 Å². The molecule has 2 aliphatic heterocycles. The van der Waals surface area contributed by atoms with Crippen LogP contribution < -0.4 is 21.5 Å².